The molecule has 0 aromatic rings. The van der Waals surface area contributed by atoms with Crippen LogP contribution in [0.3, 0.4) is 0 Å². The van der Waals surface area contributed by atoms with Gasteiger partial charge >= 0.3 is 5.97 Å². The van der Waals surface area contributed by atoms with Crippen molar-refractivity contribution in [3.63, 3.8) is 0 Å². The van der Waals surface area contributed by atoms with Crippen LogP contribution in [0, 0.1) is 0 Å². The molecule has 0 saturated heterocycles. The Morgan fingerprint density at radius 3 is 2.45 bits per heavy atom. The summed E-state index contributed by atoms with van der Waals surface area (Å²) in [6, 6.07) is -0.616. The van der Waals surface area contributed by atoms with Crippen LogP contribution in [0.1, 0.15) is 13.8 Å². The Balaban J connectivity index is 4.33. The lowest BCUT2D eigenvalue weighted by molar-refractivity contribution is -0.370. The van der Waals surface area contributed by atoms with Crippen LogP contribution in [-0.2, 0) is 9.22 Å². The van der Waals surface area contributed by atoms with Crippen molar-refractivity contribution < 1.29 is 9.22 Å². The number of nitrogens with two attached hydrogens (primary N) is 1. The second-order valence-electron chi connectivity index (χ2n) is 2.75. The lowest BCUT2D eigenvalue weighted by atomic mass is 10.1. The first-order chi connectivity index (χ1) is 4.95. The molecular formula is C7H14NO2S+. The Labute approximate surface area is 71.0 Å². The molecule has 0 bridgehead atoms. The SMILES string of the molecule is C=[O+]C(=O)[C@@H](N)C(C)(C)SC. The first kappa shape index (κ1) is 10.7. The van der Waals surface area contributed by atoms with E-state index in [1.807, 2.05) is 20.1 Å². The second kappa shape index (κ2) is 3.88. The third-order valence-electron chi connectivity index (χ3n) is 1.67. The maximum atomic E-state index is 10.9. The Morgan fingerprint density at radius 2 is 2.18 bits per heavy atom. The molecule has 0 aromatic carbocycles. The highest BCUT2D eigenvalue weighted by atomic mass is 32.2. The highest BCUT2D eigenvalue weighted by Crippen LogP contribution is 2.24. The molecule has 0 spiro atoms. The summed E-state index contributed by atoms with van der Waals surface area (Å²) >= 11 is 1.53. The van der Waals surface area contributed by atoms with E-state index in [9.17, 15) is 4.79 Å². The molecular weight excluding hydrogens is 162 g/mol. The predicted molar refractivity (Wildman–Crippen MR) is 47.7 cm³/mol. The highest BCUT2D eigenvalue weighted by Gasteiger charge is 2.38. The van der Waals surface area contributed by atoms with Crippen molar-refractivity contribution in [3.8, 4) is 0 Å². The fraction of sp³-hybridized carbons (Fsp3) is 0.714. The third-order valence-corrected chi connectivity index (χ3v) is 2.98. The van der Waals surface area contributed by atoms with Gasteiger partial charge in [-0.25, -0.2) is 0 Å². The topological polar surface area (TPSA) is 54.4 Å². The Kier molecular flexibility index (Phi) is 3.75. The van der Waals surface area contributed by atoms with Crippen molar-refractivity contribution in [2.75, 3.05) is 6.26 Å². The summed E-state index contributed by atoms with van der Waals surface area (Å²) < 4.78 is 3.98. The van der Waals surface area contributed by atoms with Gasteiger partial charge in [0.25, 0.3) is 0 Å². The van der Waals surface area contributed by atoms with Crippen LogP contribution >= 0.6 is 11.8 Å². The van der Waals surface area contributed by atoms with Crippen LogP contribution in [0.15, 0.2) is 0 Å². The summed E-state index contributed by atoms with van der Waals surface area (Å²) in [5.41, 5.74) is 5.58. The van der Waals surface area contributed by atoms with E-state index in [2.05, 4.69) is 11.2 Å². The molecule has 0 aliphatic rings. The van der Waals surface area contributed by atoms with Gasteiger partial charge in [-0.3, -0.25) is 4.42 Å². The van der Waals surface area contributed by atoms with E-state index in [0.717, 1.165) is 0 Å². The largest absolute Gasteiger partial charge is 0.597 e. The van der Waals surface area contributed by atoms with E-state index in [1.54, 1.807) is 0 Å². The molecule has 4 heteroatoms. The predicted octanol–water partition coefficient (Wildman–Crippen LogP) is 0.346. The molecule has 0 rings (SSSR count). The lowest BCUT2D eigenvalue weighted by Gasteiger charge is -2.22. The van der Waals surface area contributed by atoms with Crippen molar-refractivity contribution in [3.05, 3.63) is 0 Å². The van der Waals surface area contributed by atoms with Gasteiger partial charge in [0.1, 0.15) is 0 Å². The molecule has 64 valence electrons. The number of rotatable bonds is 3. The van der Waals surface area contributed by atoms with E-state index in [0.29, 0.717) is 0 Å². The molecule has 0 aromatic heterocycles. The van der Waals surface area contributed by atoms with Gasteiger partial charge in [-0.05, 0) is 20.1 Å². The third kappa shape index (κ3) is 2.63. The molecule has 0 heterocycles. The van der Waals surface area contributed by atoms with Crippen LogP contribution in [0.5, 0.6) is 0 Å². The summed E-state index contributed by atoms with van der Waals surface area (Å²) in [6.07, 6.45) is 1.90. The summed E-state index contributed by atoms with van der Waals surface area (Å²) in [6.45, 7) is 6.79. The van der Waals surface area contributed by atoms with Crippen LogP contribution in [0.2, 0.25) is 0 Å². The smallest absolute Gasteiger partial charge is 0.312 e. The zero-order valence-corrected chi connectivity index (χ0v) is 7.90. The number of thioether (sulfide) groups is 1. The summed E-state index contributed by atoms with van der Waals surface area (Å²) in [7, 11) is 0. The van der Waals surface area contributed by atoms with Gasteiger partial charge < -0.3 is 5.73 Å². The van der Waals surface area contributed by atoms with Gasteiger partial charge in [-0.1, -0.05) is 0 Å². The van der Waals surface area contributed by atoms with Crippen LogP contribution < -0.4 is 5.73 Å². The van der Waals surface area contributed by atoms with E-state index in [1.165, 1.54) is 11.8 Å². The molecule has 0 radical (unpaired) electrons. The van der Waals surface area contributed by atoms with Gasteiger partial charge in [0.15, 0.2) is 12.8 Å². The molecule has 0 amide bonds. The second-order valence-corrected chi connectivity index (χ2v) is 4.21. The molecule has 0 fully saturated rings. The molecule has 0 aliphatic heterocycles. The van der Waals surface area contributed by atoms with E-state index >= 15 is 0 Å². The van der Waals surface area contributed by atoms with Gasteiger partial charge in [0, 0.05) is 4.75 Å². The summed E-state index contributed by atoms with van der Waals surface area (Å²) in [5.74, 6) is -0.468. The normalized spacial score (nSPS) is 14.2. The monoisotopic (exact) mass is 176 g/mol. The number of hydrogen-bond donors (Lipinski definition) is 1. The van der Waals surface area contributed by atoms with Crippen molar-refractivity contribution in [1.29, 1.82) is 0 Å². The van der Waals surface area contributed by atoms with E-state index in [-0.39, 0.29) is 4.75 Å². The number of hydrogen-bond acceptors (Lipinski definition) is 3. The zero-order valence-electron chi connectivity index (χ0n) is 7.09. The Morgan fingerprint density at radius 1 is 1.73 bits per heavy atom. The van der Waals surface area contributed by atoms with E-state index < -0.39 is 12.0 Å². The molecule has 2 N–H and O–H groups in total. The summed E-state index contributed by atoms with van der Waals surface area (Å²) in [4.78, 5) is 10.9. The molecule has 1 atom stereocenters. The molecule has 0 unspecified atom stereocenters. The first-order valence-corrected chi connectivity index (χ1v) is 4.44. The fourth-order valence-corrected chi connectivity index (χ4v) is 0.851. The zero-order chi connectivity index (χ0) is 9.07. The van der Waals surface area contributed by atoms with Gasteiger partial charge in [-0.15, -0.1) is 0 Å². The number of carbonyl (C=O) groups is 1. The number of carbonyl (C=O) groups excluding carboxylic acids is 2. The van der Waals surface area contributed by atoms with Crippen LogP contribution in [0.25, 0.3) is 0 Å². The molecule has 3 nitrogen and oxygen atoms in total. The van der Waals surface area contributed by atoms with Crippen molar-refractivity contribution in [2.24, 2.45) is 5.73 Å². The van der Waals surface area contributed by atoms with Crippen molar-refractivity contribution in [2.45, 2.75) is 24.6 Å². The molecule has 0 saturated carbocycles. The summed E-state index contributed by atoms with van der Waals surface area (Å²) in [5, 5.41) is 0. The maximum Gasteiger partial charge on any atom is 0.597 e. The minimum atomic E-state index is -0.616. The molecule has 11 heavy (non-hydrogen) atoms. The quantitative estimate of drug-likeness (QED) is 0.631. The average Bonchev–Trinajstić information content (AvgIpc) is 2.01. The first-order valence-electron chi connectivity index (χ1n) is 3.22. The minimum Gasteiger partial charge on any atom is -0.312 e. The Hall–Kier alpha value is -0.350. The Bertz CT molecular complexity index is 168. The standard InChI is InChI=1S/C7H14NO2S/c1-7(2,11-4)5(8)6(9)10-3/h5H,3,8H2,1-2,4H3/q+1/t5-/m1/s1. The van der Waals surface area contributed by atoms with Crippen molar-refractivity contribution in [1.82, 2.24) is 0 Å². The fourth-order valence-electron chi connectivity index (χ4n) is 0.501. The van der Waals surface area contributed by atoms with E-state index in [4.69, 9.17) is 5.73 Å². The lowest BCUT2D eigenvalue weighted by Crippen LogP contribution is -2.46. The van der Waals surface area contributed by atoms with Crippen molar-refractivity contribution >= 4 is 24.5 Å². The highest BCUT2D eigenvalue weighted by molar-refractivity contribution is 8.00. The van der Waals surface area contributed by atoms with Gasteiger partial charge in [-0.2, -0.15) is 11.8 Å². The molecule has 0 aliphatic carbocycles. The van der Waals surface area contributed by atoms with Crippen LogP contribution in [0.4, 0.5) is 0 Å². The minimum absolute atomic E-state index is 0.297. The van der Waals surface area contributed by atoms with Gasteiger partial charge in [0.05, 0.1) is 4.79 Å². The maximum absolute atomic E-state index is 10.9. The average molecular weight is 176 g/mol. The van der Waals surface area contributed by atoms with Crippen LogP contribution in [-0.4, -0.2) is 29.8 Å². The van der Waals surface area contributed by atoms with Gasteiger partial charge in [0.2, 0.25) is 0 Å².